The number of imidazole rings is 1. The summed E-state index contributed by atoms with van der Waals surface area (Å²) in [5.74, 6) is 0.389. The minimum Gasteiger partial charge on any atom is -0.382 e. The highest BCUT2D eigenvalue weighted by molar-refractivity contribution is 7.99. The van der Waals surface area contributed by atoms with Crippen LogP contribution in [-0.2, 0) is 20.8 Å². The van der Waals surface area contributed by atoms with Gasteiger partial charge in [0.1, 0.15) is 0 Å². The van der Waals surface area contributed by atoms with E-state index >= 15 is 0 Å². The van der Waals surface area contributed by atoms with Crippen molar-refractivity contribution in [3.63, 3.8) is 0 Å². The fourth-order valence-corrected chi connectivity index (χ4v) is 3.21. The van der Waals surface area contributed by atoms with Gasteiger partial charge in [0.2, 0.25) is 5.91 Å². The van der Waals surface area contributed by atoms with E-state index in [2.05, 4.69) is 27.9 Å². The Kier molecular flexibility index (Phi) is 8.07. The summed E-state index contributed by atoms with van der Waals surface area (Å²) < 4.78 is 12.4. The first-order valence-corrected chi connectivity index (χ1v) is 9.16. The molecular formula is C17H25N3O3S. The highest BCUT2D eigenvalue weighted by Gasteiger charge is 2.11. The summed E-state index contributed by atoms with van der Waals surface area (Å²) in [6.45, 7) is 5.36. The fourth-order valence-electron chi connectivity index (χ4n) is 2.30. The zero-order valence-electron chi connectivity index (χ0n) is 14.3. The molecule has 0 fully saturated rings. The topological polar surface area (TPSA) is 65.4 Å². The molecule has 1 amide bonds. The van der Waals surface area contributed by atoms with Crippen LogP contribution in [0.4, 0.5) is 0 Å². The minimum atomic E-state index is 0.0200. The first-order valence-electron chi connectivity index (χ1n) is 8.17. The summed E-state index contributed by atoms with van der Waals surface area (Å²) in [7, 11) is 1.65. The zero-order valence-corrected chi connectivity index (χ0v) is 15.1. The van der Waals surface area contributed by atoms with Gasteiger partial charge in [0, 0.05) is 26.8 Å². The molecule has 0 atom stereocenters. The standard InChI is InChI=1S/C17H25N3O3S/c1-3-20-15-8-5-4-7-14(15)19-17(20)24-13-16(21)18-9-6-10-23-12-11-22-2/h4-5,7-8H,3,6,9-13H2,1-2H3,(H,18,21). The van der Waals surface area contributed by atoms with Crippen LogP contribution in [0.1, 0.15) is 13.3 Å². The number of amides is 1. The van der Waals surface area contributed by atoms with E-state index in [0.29, 0.717) is 32.1 Å². The van der Waals surface area contributed by atoms with Crippen LogP contribution in [-0.4, -0.2) is 54.7 Å². The maximum atomic E-state index is 11.9. The van der Waals surface area contributed by atoms with Crippen molar-refractivity contribution < 1.29 is 14.3 Å². The second-order valence-corrected chi connectivity index (χ2v) is 6.17. The number of hydrogen-bond donors (Lipinski definition) is 1. The van der Waals surface area contributed by atoms with Gasteiger partial charge in [-0.25, -0.2) is 4.98 Å². The van der Waals surface area contributed by atoms with Crippen molar-refractivity contribution >= 4 is 28.7 Å². The third-order valence-corrected chi connectivity index (χ3v) is 4.46. The van der Waals surface area contributed by atoms with E-state index in [1.165, 1.54) is 11.8 Å². The molecule has 2 rings (SSSR count). The van der Waals surface area contributed by atoms with Gasteiger partial charge in [-0.15, -0.1) is 0 Å². The highest BCUT2D eigenvalue weighted by atomic mass is 32.2. The Bertz CT molecular complexity index is 645. The molecule has 24 heavy (non-hydrogen) atoms. The zero-order chi connectivity index (χ0) is 17.2. The number of methoxy groups -OCH3 is 1. The summed E-state index contributed by atoms with van der Waals surface area (Å²) in [5, 5.41) is 3.79. The third-order valence-electron chi connectivity index (χ3n) is 3.49. The minimum absolute atomic E-state index is 0.0200. The predicted molar refractivity (Wildman–Crippen MR) is 96.5 cm³/mol. The number of ether oxygens (including phenoxy) is 2. The van der Waals surface area contributed by atoms with E-state index in [1.54, 1.807) is 7.11 Å². The molecule has 1 heterocycles. The Balaban J connectivity index is 1.72. The van der Waals surface area contributed by atoms with Crippen LogP contribution in [0, 0.1) is 0 Å². The molecule has 0 unspecified atom stereocenters. The monoisotopic (exact) mass is 351 g/mol. The van der Waals surface area contributed by atoms with Gasteiger partial charge in [0.05, 0.1) is 30.0 Å². The Morgan fingerprint density at radius 1 is 1.29 bits per heavy atom. The van der Waals surface area contributed by atoms with E-state index in [-0.39, 0.29) is 5.91 Å². The van der Waals surface area contributed by atoms with Gasteiger partial charge in [-0.3, -0.25) is 4.79 Å². The molecule has 0 aliphatic heterocycles. The van der Waals surface area contributed by atoms with E-state index in [4.69, 9.17) is 9.47 Å². The molecule has 6 nitrogen and oxygen atoms in total. The SMILES string of the molecule is CCn1c(SCC(=O)NCCCOCCOC)nc2ccccc21. The van der Waals surface area contributed by atoms with E-state index in [9.17, 15) is 4.79 Å². The Hall–Kier alpha value is -1.57. The highest BCUT2D eigenvalue weighted by Crippen LogP contribution is 2.23. The number of nitrogens with one attached hydrogen (secondary N) is 1. The lowest BCUT2D eigenvalue weighted by Crippen LogP contribution is -2.27. The summed E-state index contributed by atoms with van der Waals surface area (Å²) in [5.41, 5.74) is 2.08. The van der Waals surface area contributed by atoms with Gasteiger partial charge < -0.3 is 19.4 Å². The average molecular weight is 351 g/mol. The van der Waals surface area contributed by atoms with Gasteiger partial charge in [0.25, 0.3) is 0 Å². The van der Waals surface area contributed by atoms with Crippen LogP contribution in [0.3, 0.4) is 0 Å². The number of nitrogens with zero attached hydrogens (tertiary/aromatic N) is 2. The second kappa shape index (κ2) is 10.3. The van der Waals surface area contributed by atoms with Crippen LogP contribution < -0.4 is 5.32 Å². The maximum Gasteiger partial charge on any atom is 0.230 e. The number of carbonyl (C=O) groups is 1. The first-order chi connectivity index (χ1) is 11.8. The number of hydrogen-bond acceptors (Lipinski definition) is 5. The first kappa shape index (κ1) is 18.8. The summed E-state index contributed by atoms with van der Waals surface area (Å²) >= 11 is 1.47. The van der Waals surface area contributed by atoms with Crippen LogP contribution in [0.5, 0.6) is 0 Å². The number of para-hydroxylation sites is 2. The van der Waals surface area contributed by atoms with Gasteiger partial charge in [-0.2, -0.15) is 0 Å². The maximum absolute atomic E-state index is 11.9. The molecule has 0 aliphatic carbocycles. The van der Waals surface area contributed by atoms with Crippen molar-refractivity contribution in [1.82, 2.24) is 14.9 Å². The molecule has 7 heteroatoms. The average Bonchev–Trinajstić information content (AvgIpc) is 2.96. The van der Waals surface area contributed by atoms with Crippen LogP contribution in [0.15, 0.2) is 29.4 Å². The molecule has 0 bridgehead atoms. The Morgan fingerprint density at radius 3 is 2.92 bits per heavy atom. The molecule has 1 aromatic carbocycles. The van der Waals surface area contributed by atoms with Crippen molar-refractivity contribution in [1.29, 1.82) is 0 Å². The number of carbonyl (C=O) groups excluding carboxylic acids is 1. The Morgan fingerprint density at radius 2 is 2.12 bits per heavy atom. The van der Waals surface area contributed by atoms with Crippen molar-refractivity contribution in [3.05, 3.63) is 24.3 Å². The van der Waals surface area contributed by atoms with Crippen LogP contribution in [0.25, 0.3) is 11.0 Å². The fraction of sp³-hybridized carbons (Fsp3) is 0.529. The number of aromatic nitrogens is 2. The molecule has 0 radical (unpaired) electrons. The smallest absolute Gasteiger partial charge is 0.230 e. The molecule has 0 saturated carbocycles. The molecule has 2 aromatic rings. The lowest BCUT2D eigenvalue weighted by molar-refractivity contribution is -0.118. The lowest BCUT2D eigenvalue weighted by Gasteiger charge is -2.07. The van der Waals surface area contributed by atoms with E-state index < -0.39 is 0 Å². The number of benzene rings is 1. The summed E-state index contributed by atoms with van der Waals surface area (Å²) in [4.78, 5) is 16.5. The van der Waals surface area contributed by atoms with Gasteiger partial charge in [-0.1, -0.05) is 23.9 Å². The predicted octanol–water partition coefficient (Wildman–Crippen LogP) is 2.32. The number of thioether (sulfide) groups is 1. The van der Waals surface area contributed by atoms with Gasteiger partial charge >= 0.3 is 0 Å². The Labute approximate surface area is 146 Å². The summed E-state index contributed by atoms with van der Waals surface area (Å²) in [6.07, 6.45) is 0.799. The summed E-state index contributed by atoms with van der Waals surface area (Å²) in [6, 6.07) is 8.03. The van der Waals surface area contributed by atoms with Crippen LogP contribution >= 0.6 is 11.8 Å². The molecule has 0 aliphatic rings. The molecule has 0 saturated heterocycles. The largest absolute Gasteiger partial charge is 0.382 e. The number of fused-ring (bicyclic) bond motifs is 1. The second-order valence-electron chi connectivity index (χ2n) is 5.22. The molecule has 0 spiro atoms. The third kappa shape index (κ3) is 5.51. The lowest BCUT2D eigenvalue weighted by atomic mass is 10.3. The molecule has 1 N–H and O–H groups in total. The van der Waals surface area contributed by atoms with Crippen LogP contribution in [0.2, 0.25) is 0 Å². The molecular weight excluding hydrogens is 326 g/mol. The number of rotatable bonds is 11. The van der Waals surface area contributed by atoms with E-state index in [0.717, 1.165) is 29.2 Å². The molecule has 132 valence electrons. The van der Waals surface area contributed by atoms with Crippen molar-refractivity contribution in [2.75, 3.05) is 39.2 Å². The van der Waals surface area contributed by atoms with Gasteiger partial charge in [0.15, 0.2) is 5.16 Å². The van der Waals surface area contributed by atoms with Crippen molar-refractivity contribution in [2.45, 2.75) is 25.0 Å². The molecule has 1 aromatic heterocycles. The number of aryl methyl sites for hydroxylation is 1. The van der Waals surface area contributed by atoms with E-state index in [1.807, 2.05) is 18.2 Å². The van der Waals surface area contributed by atoms with Gasteiger partial charge in [-0.05, 0) is 25.5 Å². The normalized spacial score (nSPS) is 11.1. The van der Waals surface area contributed by atoms with Crippen molar-refractivity contribution in [2.24, 2.45) is 0 Å². The van der Waals surface area contributed by atoms with Crippen molar-refractivity contribution in [3.8, 4) is 0 Å². The quantitative estimate of drug-likeness (QED) is 0.497.